The van der Waals surface area contributed by atoms with Crippen LogP contribution in [0.2, 0.25) is 0 Å². The zero-order chi connectivity index (χ0) is 24.2. The summed E-state index contributed by atoms with van der Waals surface area (Å²) in [7, 11) is 3.82. The van der Waals surface area contributed by atoms with Gasteiger partial charge in [-0.2, -0.15) is 5.26 Å². The van der Waals surface area contributed by atoms with Crippen LogP contribution in [-0.4, -0.2) is 50.2 Å². The summed E-state index contributed by atoms with van der Waals surface area (Å²) < 4.78 is 11.7. The summed E-state index contributed by atoms with van der Waals surface area (Å²) in [6, 6.07) is 23.6. The van der Waals surface area contributed by atoms with Crippen LogP contribution in [0.15, 0.2) is 72.9 Å². The lowest BCUT2D eigenvalue weighted by molar-refractivity contribution is 0.311. The molecule has 0 saturated carbocycles. The first kappa shape index (κ1) is 22.5. The maximum absolute atomic E-state index is 9.78. The van der Waals surface area contributed by atoms with E-state index in [1.807, 2.05) is 60.7 Å². The molecule has 0 aliphatic carbocycles. The number of ether oxygens (including phenoxy) is 2. The topological polar surface area (TPSA) is 73.6 Å². The third-order valence-corrected chi connectivity index (χ3v) is 6.24. The van der Waals surface area contributed by atoms with E-state index in [0.717, 1.165) is 65.7 Å². The summed E-state index contributed by atoms with van der Waals surface area (Å²) >= 11 is 0. The smallest absolute Gasteiger partial charge is 0.142 e. The molecule has 7 nitrogen and oxygen atoms in total. The highest BCUT2D eigenvalue weighted by molar-refractivity contribution is 5.99. The van der Waals surface area contributed by atoms with Gasteiger partial charge in [0.25, 0.3) is 0 Å². The van der Waals surface area contributed by atoms with E-state index in [2.05, 4.69) is 39.3 Å². The molecule has 1 N–H and O–H groups in total. The summed E-state index contributed by atoms with van der Waals surface area (Å²) in [5, 5.41) is 14.0. The van der Waals surface area contributed by atoms with E-state index in [4.69, 9.17) is 9.47 Å². The number of nitriles is 1. The first-order valence-corrected chi connectivity index (χ1v) is 11.6. The van der Waals surface area contributed by atoms with Gasteiger partial charge in [-0.25, -0.2) is 0 Å². The third-order valence-electron chi connectivity index (χ3n) is 6.24. The fourth-order valence-electron chi connectivity index (χ4n) is 4.26. The number of methoxy groups -OCH3 is 1. The summed E-state index contributed by atoms with van der Waals surface area (Å²) in [6.07, 6.45) is 1.62. The van der Waals surface area contributed by atoms with Crippen molar-refractivity contribution in [1.82, 2.24) is 9.88 Å². The molecule has 0 unspecified atom stereocenters. The Labute approximate surface area is 205 Å². The normalized spacial score (nSPS) is 13.9. The van der Waals surface area contributed by atoms with E-state index in [1.54, 1.807) is 13.3 Å². The highest BCUT2D eigenvalue weighted by atomic mass is 16.5. The van der Waals surface area contributed by atoms with Gasteiger partial charge < -0.3 is 24.6 Å². The van der Waals surface area contributed by atoms with E-state index in [0.29, 0.717) is 11.3 Å². The highest BCUT2D eigenvalue weighted by Gasteiger charge is 2.20. The number of nitrogens with zero attached hydrogens (tertiary/aromatic N) is 4. The van der Waals surface area contributed by atoms with Crippen molar-refractivity contribution < 1.29 is 9.47 Å². The second-order valence-corrected chi connectivity index (χ2v) is 8.55. The summed E-state index contributed by atoms with van der Waals surface area (Å²) in [6.45, 7) is 3.85. The van der Waals surface area contributed by atoms with Crippen molar-refractivity contribution in [3.8, 4) is 23.3 Å². The number of rotatable bonds is 6. The predicted molar refractivity (Wildman–Crippen MR) is 139 cm³/mol. The average Bonchev–Trinajstić information content (AvgIpc) is 2.90. The fraction of sp³-hybridized carbons (Fsp3) is 0.214. The van der Waals surface area contributed by atoms with E-state index < -0.39 is 0 Å². The van der Waals surface area contributed by atoms with Crippen molar-refractivity contribution in [2.75, 3.05) is 50.6 Å². The quantitative estimate of drug-likeness (QED) is 0.408. The molecule has 1 aromatic heterocycles. The molecule has 1 saturated heterocycles. The Kier molecular flexibility index (Phi) is 6.38. The number of fused-ring (bicyclic) bond motifs is 1. The molecule has 1 aliphatic rings. The maximum atomic E-state index is 9.78. The number of benzene rings is 3. The van der Waals surface area contributed by atoms with Crippen molar-refractivity contribution in [1.29, 1.82) is 5.26 Å². The van der Waals surface area contributed by atoms with Gasteiger partial charge in [0.15, 0.2) is 0 Å². The molecule has 5 rings (SSSR count). The summed E-state index contributed by atoms with van der Waals surface area (Å²) in [5.41, 5.74) is 3.86. The number of likely N-dealkylation sites (N-methyl/N-ethyl adjacent to an activating group) is 1. The minimum atomic E-state index is 0.469. The number of hydrogen-bond donors (Lipinski definition) is 1. The van der Waals surface area contributed by atoms with Crippen molar-refractivity contribution >= 4 is 28.0 Å². The molecule has 7 heteroatoms. The van der Waals surface area contributed by atoms with Crippen LogP contribution in [0.4, 0.5) is 17.1 Å². The average molecular weight is 466 g/mol. The number of pyridine rings is 1. The van der Waals surface area contributed by atoms with Gasteiger partial charge >= 0.3 is 0 Å². The molecule has 0 radical (unpaired) electrons. The lowest BCUT2D eigenvalue weighted by Crippen LogP contribution is -2.44. The second-order valence-electron chi connectivity index (χ2n) is 8.55. The highest BCUT2D eigenvalue weighted by Crippen LogP contribution is 2.38. The maximum Gasteiger partial charge on any atom is 0.142 e. The molecular formula is C28H27N5O2. The molecule has 0 spiro atoms. The number of nitrogens with one attached hydrogen (secondary N) is 1. The van der Waals surface area contributed by atoms with Crippen LogP contribution in [0, 0.1) is 11.3 Å². The van der Waals surface area contributed by atoms with Crippen LogP contribution in [0.1, 0.15) is 5.56 Å². The molecule has 35 heavy (non-hydrogen) atoms. The standard InChI is InChI=1S/C28H27N5O2/c1-32-12-14-33(15-13-32)26-17-25-24(16-27(26)34-2)28(20(18-29)19-30-25)31-21-8-10-23(11-9-21)35-22-6-4-3-5-7-22/h3-11,16-17,19H,12-15H2,1-2H3,(H,30,31). The van der Waals surface area contributed by atoms with Gasteiger partial charge in [0.2, 0.25) is 0 Å². The minimum Gasteiger partial charge on any atom is -0.495 e. The van der Waals surface area contributed by atoms with Crippen LogP contribution in [0.25, 0.3) is 10.9 Å². The van der Waals surface area contributed by atoms with Gasteiger partial charge in [0.1, 0.15) is 23.3 Å². The van der Waals surface area contributed by atoms with Gasteiger partial charge in [0.05, 0.1) is 29.6 Å². The van der Waals surface area contributed by atoms with Crippen molar-refractivity contribution in [3.05, 3.63) is 78.5 Å². The van der Waals surface area contributed by atoms with Crippen LogP contribution < -0.4 is 19.7 Å². The number of para-hydroxylation sites is 1. The fourth-order valence-corrected chi connectivity index (χ4v) is 4.26. The molecule has 176 valence electrons. The van der Waals surface area contributed by atoms with Gasteiger partial charge in [-0.15, -0.1) is 0 Å². The molecule has 2 heterocycles. The zero-order valence-electron chi connectivity index (χ0n) is 19.9. The number of piperazine rings is 1. The van der Waals surface area contributed by atoms with Gasteiger partial charge in [-0.3, -0.25) is 4.98 Å². The molecule has 0 bridgehead atoms. The Bertz CT molecular complexity index is 1360. The Morgan fingerprint density at radius 1 is 0.943 bits per heavy atom. The molecule has 3 aromatic carbocycles. The number of hydrogen-bond acceptors (Lipinski definition) is 7. The number of aromatic nitrogens is 1. The molecule has 0 atom stereocenters. The van der Waals surface area contributed by atoms with Crippen LogP contribution in [0.3, 0.4) is 0 Å². The van der Waals surface area contributed by atoms with Crippen LogP contribution >= 0.6 is 0 Å². The molecule has 0 amide bonds. The minimum absolute atomic E-state index is 0.469. The van der Waals surface area contributed by atoms with Gasteiger partial charge in [-0.05, 0) is 55.6 Å². The monoisotopic (exact) mass is 465 g/mol. The van der Waals surface area contributed by atoms with E-state index in [-0.39, 0.29) is 0 Å². The summed E-state index contributed by atoms with van der Waals surface area (Å²) in [4.78, 5) is 9.24. The second kappa shape index (κ2) is 9.92. The lowest BCUT2D eigenvalue weighted by atomic mass is 10.1. The first-order valence-electron chi connectivity index (χ1n) is 11.6. The largest absolute Gasteiger partial charge is 0.495 e. The Balaban J connectivity index is 1.46. The van der Waals surface area contributed by atoms with Gasteiger partial charge in [-0.1, -0.05) is 18.2 Å². The predicted octanol–water partition coefficient (Wildman–Crippen LogP) is 5.40. The molecule has 1 fully saturated rings. The molecule has 4 aromatic rings. The van der Waals surface area contributed by atoms with Crippen molar-refractivity contribution in [3.63, 3.8) is 0 Å². The Hall–Kier alpha value is -4.28. The SMILES string of the molecule is COc1cc2c(Nc3ccc(Oc4ccccc4)cc3)c(C#N)cnc2cc1N1CCN(C)CC1. The summed E-state index contributed by atoms with van der Waals surface area (Å²) in [5.74, 6) is 2.29. The van der Waals surface area contributed by atoms with Gasteiger partial charge in [0, 0.05) is 43.4 Å². The Morgan fingerprint density at radius 3 is 2.34 bits per heavy atom. The van der Waals surface area contributed by atoms with E-state index in [1.165, 1.54) is 0 Å². The third kappa shape index (κ3) is 4.84. The Morgan fingerprint density at radius 2 is 1.66 bits per heavy atom. The lowest BCUT2D eigenvalue weighted by Gasteiger charge is -2.34. The van der Waals surface area contributed by atoms with E-state index in [9.17, 15) is 5.26 Å². The van der Waals surface area contributed by atoms with E-state index >= 15 is 0 Å². The number of anilines is 3. The zero-order valence-corrected chi connectivity index (χ0v) is 19.9. The molecule has 1 aliphatic heterocycles. The van der Waals surface area contributed by atoms with Crippen molar-refractivity contribution in [2.45, 2.75) is 0 Å². The van der Waals surface area contributed by atoms with Crippen LogP contribution in [0.5, 0.6) is 17.2 Å². The molecular weight excluding hydrogens is 438 g/mol. The van der Waals surface area contributed by atoms with Crippen molar-refractivity contribution in [2.24, 2.45) is 0 Å². The van der Waals surface area contributed by atoms with Crippen LogP contribution in [-0.2, 0) is 0 Å². The first-order chi connectivity index (χ1) is 17.1.